The van der Waals surface area contributed by atoms with Crippen molar-refractivity contribution in [3.8, 4) is 0 Å². The first kappa shape index (κ1) is 12.3. The minimum atomic E-state index is 0.727. The molecule has 0 N–H and O–H groups in total. The van der Waals surface area contributed by atoms with Crippen LogP contribution in [0.4, 0.5) is 0 Å². The minimum absolute atomic E-state index is 0.727. The third kappa shape index (κ3) is 2.41. The Hall–Kier alpha value is -0.120. The number of hydrogen-bond donors (Lipinski definition) is 0. The Morgan fingerprint density at radius 2 is 1.81 bits per heavy atom. The van der Waals surface area contributed by atoms with Crippen LogP contribution in [0.1, 0.15) is 19.8 Å². The first-order chi connectivity index (χ1) is 7.54. The van der Waals surface area contributed by atoms with Crippen LogP contribution in [0.25, 0.3) is 0 Å². The molecular weight excluding hydrogens is 198 g/mol. The van der Waals surface area contributed by atoms with Crippen molar-refractivity contribution in [1.82, 2.24) is 14.7 Å². The zero-order chi connectivity index (χ0) is 11.8. The minimum Gasteiger partial charge on any atom is -0.305 e. The van der Waals surface area contributed by atoms with E-state index in [0.717, 1.165) is 18.0 Å². The summed E-state index contributed by atoms with van der Waals surface area (Å²) in [6.07, 6.45) is 2.87. The molecule has 2 rings (SSSR count). The Kier molecular flexibility index (Phi) is 3.57. The van der Waals surface area contributed by atoms with E-state index >= 15 is 0 Å². The molecule has 0 atom stereocenters. The summed E-state index contributed by atoms with van der Waals surface area (Å²) in [6.45, 7) is 8.49. The van der Waals surface area contributed by atoms with Crippen LogP contribution in [-0.2, 0) is 0 Å². The lowest BCUT2D eigenvalue weighted by Crippen LogP contribution is -2.65. The van der Waals surface area contributed by atoms with Crippen molar-refractivity contribution in [3.05, 3.63) is 0 Å². The van der Waals surface area contributed by atoms with Crippen LogP contribution in [0.2, 0.25) is 0 Å². The zero-order valence-electron chi connectivity index (χ0n) is 11.4. The molecule has 2 aliphatic rings. The second-order valence-electron chi connectivity index (χ2n) is 6.11. The molecule has 3 heteroatoms. The van der Waals surface area contributed by atoms with E-state index in [9.17, 15) is 0 Å². The average Bonchev–Trinajstić information content (AvgIpc) is 2.17. The summed E-state index contributed by atoms with van der Waals surface area (Å²) in [5.74, 6) is 0. The summed E-state index contributed by atoms with van der Waals surface area (Å²) < 4.78 is 0. The molecule has 94 valence electrons. The second-order valence-corrected chi connectivity index (χ2v) is 6.11. The maximum atomic E-state index is 2.57. The fourth-order valence-electron chi connectivity index (χ4n) is 3.28. The molecule has 2 fully saturated rings. The first-order valence-corrected chi connectivity index (χ1v) is 6.62. The van der Waals surface area contributed by atoms with Gasteiger partial charge in [-0.15, -0.1) is 0 Å². The van der Waals surface area contributed by atoms with Crippen molar-refractivity contribution >= 4 is 0 Å². The monoisotopic (exact) mass is 225 g/mol. The molecule has 1 heterocycles. The van der Waals surface area contributed by atoms with Crippen LogP contribution in [0.3, 0.4) is 0 Å². The summed E-state index contributed by atoms with van der Waals surface area (Å²) >= 11 is 0. The molecule has 1 spiro atoms. The predicted octanol–water partition coefficient (Wildman–Crippen LogP) is 0.964. The maximum Gasteiger partial charge on any atom is 0.0109 e. The lowest BCUT2D eigenvalue weighted by molar-refractivity contribution is -0.0937. The Bertz CT molecular complexity index is 227. The number of likely N-dealkylation sites (tertiary alicyclic amines) is 1. The number of hydrogen-bond acceptors (Lipinski definition) is 3. The van der Waals surface area contributed by atoms with Gasteiger partial charge in [-0.05, 0) is 45.9 Å². The molecule has 0 amide bonds. The van der Waals surface area contributed by atoms with Gasteiger partial charge >= 0.3 is 0 Å². The van der Waals surface area contributed by atoms with Gasteiger partial charge in [0, 0.05) is 32.2 Å². The van der Waals surface area contributed by atoms with Crippen LogP contribution < -0.4 is 0 Å². The molecule has 1 saturated heterocycles. The van der Waals surface area contributed by atoms with E-state index in [2.05, 4.69) is 42.8 Å². The van der Waals surface area contributed by atoms with E-state index < -0.39 is 0 Å². The Morgan fingerprint density at radius 1 is 1.19 bits per heavy atom. The third-order valence-corrected chi connectivity index (χ3v) is 4.55. The summed E-state index contributed by atoms with van der Waals surface area (Å²) in [6, 6.07) is 0.860. The fourth-order valence-corrected chi connectivity index (χ4v) is 3.28. The molecule has 0 radical (unpaired) electrons. The Labute approximate surface area is 100 Å². The van der Waals surface area contributed by atoms with E-state index in [1.807, 2.05) is 0 Å². The molecule has 0 unspecified atom stereocenters. The average molecular weight is 225 g/mol. The highest BCUT2D eigenvalue weighted by Gasteiger charge is 2.51. The smallest absolute Gasteiger partial charge is 0.0109 e. The first-order valence-electron chi connectivity index (χ1n) is 6.62. The van der Waals surface area contributed by atoms with Crippen LogP contribution in [0.5, 0.6) is 0 Å². The molecule has 1 aliphatic heterocycles. The van der Waals surface area contributed by atoms with E-state index in [1.54, 1.807) is 0 Å². The van der Waals surface area contributed by atoms with Gasteiger partial charge in [0.05, 0.1) is 0 Å². The number of rotatable bonds is 5. The standard InChI is InChI=1S/C13H27N3/c1-5-14(2)6-7-16(4)12-8-13(9-12)10-15(3)11-13/h12H,5-11H2,1-4H3. The highest BCUT2D eigenvalue weighted by Crippen LogP contribution is 2.49. The van der Waals surface area contributed by atoms with Crippen molar-refractivity contribution in [2.45, 2.75) is 25.8 Å². The maximum absolute atomic E-state index is 2.57. The van der Waals surface area contributed by atoms with Gasteiger partial charge in [-0.3, -0.25) is 0 Å². The van der Waals surface area contributed by atoms with Crippen LogP contribution in [-0.4, -0.2) is 74.6 Å². The summed E-state index contributed by atoms with van der Waals surface area (Å²) in [4.78, 5) is 7.40. The topological polar surface area (TPSA) is 9.72 Å². The van der Waals surface area contributed by atoms with Gasteiger partial charge in [0.1, 0.15) is 0 Å². The van der Waals surface area contributed by atoms with Gasteiger partial charge in [-0.25, -0.2) is 0 Å². The predicted molar refractivity (Wildman–Crippen MR) is 68.8 cm³/mol. The van der Waals surface area contributed by atoms with Crippen molar-refractivity contribution < 1.29 is 0 Å². The Balaban J connectivity index is 1.63. The Morgan fingerprint density at radius 3 is 2.31 bits per heavy atom. The second kappa shape index (κ2) is 4.63. The van der Waals surface area contributed by atoms with E-state index in [0.29, 0.717) is 0 Å². The lowest BCUT2D eigenvalue weighted by Gasteiger charge is -2.60. The third-order valence-electron chi connectivity index (χ3n) is 4.55. The molecule has 3 nitrogen and oxygen atoms in total. The van der Waals surface area contributed by atoms with Crippen LogP contribution in [0, 0.1) is 5.41 Å². The largest absolute Gasteiger partial charge is 0.305 e. The lowest BCUT2D eigenvalue weighted by atomic mass is 9.60. The number of nitrogens with zero attached hydrogens (tertiary/aromatic N) is 3. The molecule has 16 heavy (non-hydrogen) atoms. The quantitative estimate of drug-likeness (QED) is 0.690. The van der Waals surface area contributed by atoms with Crippen molar-refractivity contribution in [3.63, 3.8) is 0 Å². The SMILES string of the molecule is CCN(C)CCN(C)C1CC2(C1)CN(C)C2. The summed E-state index contributed by atoms with van der Waals surface area (Å²) in [7, 11) is 6.74. The van der Waals surface area contributed by atoms with E-state index in [1.165, 1.54) is 39.0 Å². The van der Waals surface area contributed by atoms with Crippen LogP contribution in [0.15, 0.2) is 0 Å². The molecule has 0 aromatic heterocycles. The van der Waals surface area contributed by atoms with Gasteiger partial charge in [0.2, 0.25) is 0 Å². The molecule has 1 saturated carbocycles. The van der Waals surface area contributed by atoms with Gasteiger partial charge in [-0.1, -0.05) is 6.92 Å². The van der Waals surface area contributed by atoms with Crippen molar-refractivity contribution in [2.24, 2.45) is 5.41 Å². The highest BCUT2D eigenvalue weighted by molar-refractivity contribution is 5.06. The van der Waals surface area contributed by atoms with E-state index in [4.69, 9.17) is 0 Å². The normalized spacial score (nSPS) is 25.1. The van der Waals surface area contributed by atoms with Gasteiger partial charge in [-0.2, -0.15) is 0 Å². The summed E-state index contributed by atoms with van der Waals surface area (Å²) in [5, 5.41) is 0. The molecule has 0 aromatic carbocycles. The molecule has 0 aromatic rings. The number of likely N-dealkylation sites (N-methyl/N-ethyl adjacent to an activating group) is 2. The van der Waals surface area contributed by atoms with Crippen molar-refractivity contribution in [1.29, 1.82) is 0 Å². The molecule has 0 bridgehead atoms. The molecular formula is C13H27N3. The van der Waals surface area contributed by atoms with Gasteiger partial charge in [0.15, 0.2) is 0 Å². The van der Waals surface area contributed by atoms with Crippen molar-refractivity contribution in [2.75, 3.05) is 53.9 Å². The summed E-state index contributed by atoms with van der Waals surface area (Å²) in [5.41, 5.74) is 0.727. The fraction of sp³-hybridized carbons (Fsp3) is 1.00. The molecule has 1 aliphatic carbocycles. The van der Waals surface area contributed by atoms with Crippen LogP contribution >= 0.6 is 0 Å². The van der Waals surface area contributed by atoms with E-state index in [-0.39, 0.29) is 0 Å². The van der Waals surface area contributed by atoms with Gasteiger partial charge < -0.3 is 14.7 Å². The highest BCUT2D eigenvalue weighted by atomic mass is 15.2. The van der Waals surface area contributed by atoms with Gasteiger partial charge in [0.25, 0.3) is 0 Å². The zero-order valence-corrected chi connectivity index (χ0v) is 11.4.